The normalized spacial score (nSPS) is 33.3. The first-order chi connectivity index (χ1) is 35.5. The third kappa shape index (κ3) is 11.5. The zero-order chi connectivity index (χ0) is 52.4. The molecular weight excluding hydrogens is 913 g/mol. The van der Waals surface area contributed by atoms with Crippen LogP contribution in [0.3, 0.4) is 0 Å². The predicted molar refractivity (Wildman–Crippen MR) is 307 cm³/mol. The number of nitrogens with zero attached hydrogens (tertiary/aromatic N) is 8. The van der Waals surface area contributed by atoms with Crippen molar-refractivity contribution in [1.29, 1.82) is 0 Å². The van der Waals surface area contributed by atoms with Crippen molar-refractivity contribution in [2.24, 2.45) is 23.7 Å². The van der Waals surface area contributed by atoms with E-state index >= 15 is 0 Å². The zero-order valence-electron chi connectivity index (χ0n) is 47.3. The van der Waals surface area contributed by atoms with Gasteiger partial charge in [-0.1, -0.05) is 48.6 Å². The molecule has 2 aromatic carbocycles. The van der Waals surface area contributed by atoms with Gasteiger partial charge in [0.1, 0.15) is 24.3 Å². The number of quaternary nitrogens is 2. The number of hydrogen-bond donors (Lipinski definition) is 2. The number of aliphatic hydroxyl groups is 2. The Hall–Kier alpha value is -3.58. The Labute approximate surface area is 447 Å². The molecule has 7 aliphatic heterocycles. The van der Waals surface area contributed by atoms with Crippen molar-refractivity contribution in [2.45, 2.75) is 153 Å². The zero-order valence-corrected chi connectivity index (χ0v) is 47.3. The topological polar surface area (TPSA) is 79.2 Å². The maximum atomic E-state index is 12.3. The molecule has 10 nitrogen and oxygen atoms in total. The lowest BCUT2D eigenvalue weighted by Crippen LogP contribution is -2.68. The van der Waals surface area contributed by atoms with Crippen molar-refractivity contribution in [1.82, 2.24) is 29.6 Å². The molecule has 0 amide bonds. The minimum Gasteiger partial charge on any atom is -0.382 e. The van der Waals surface area contributed by atoms with Gasteiger partial charge in [0.15, 0.2) is 0 Å². The SMILES string of the molecule is C=C[C@@H]1C[N@+]2(CCCCN3CCN(C)C(C)(C)CC(C)N(CCCC[N@@+]45CC[C@@H](C[C@@H]4[C@@H](O)c4ccnc6ccccc46)[C@H](C=C)C5)CCN(C)C(C)(C)CC3C)CC[C@H]1C[C@@H]2[C@@H](O)c1ccnc2ccccc12. The fourth-order valence-electron chi connectivity index (χ4n) is 15.9. The Morgan fingerprint density at radius 2 is 1.01 bits per heavy atom. The summed E-state index contributed by atoms with van der Waals surface area (Å²) in [5.74, 6) is 2.27. The molecule has 2 unspecified atom stereocenters. The molecule has 0 radical (unpaired) electrons. The van der Waals surface area contributed by atoms with Gasteiger partial charge in [-0.2, -0.15) is 0 Å². The van der Waals surface area contributed by atoms with Crippen molar-refractivity contribution in [3.8, 4) is 0 Å². The summed E-state index contributed by atoms with van der Waals surface area (Å²) in [5, 5.41) is 26.9. The molecule has 74 heavy (non-hydrogen) atoms. The molecule has 0 aliphatic carbocycles. The predicted octanol–water partition coefficient (Wildman–Crippen LogP) is 10.5. The van der Waals surface area contributed by atoms with E-state index in [1.807, 2.05) is 24.5 Å². The van der Waals surface area contributed by atoms with Gasteiger partial charge in [0.25, 0.3) is 0 Å². The molecule has 9 heterocycles. The highest BCUT2D eigenvalue weighted by Gasteiger charge is 2.55. The van der Waals surface area contributed by atoms with Gasteiger partial charge in [-0.3, -0.25) is 29.6 Å². The smallest absolute Gasteiger partial charge is 0.131 e. The number of hydrogen-bond acceptors (Lipinski definition) is 8. The molecular formula is C64H98N8O2+2. The highest BCUT2D eigenvalue weighted by molar-refractivity contribution is 5.83. The van der Waals surface area contributed by atoms with Crippen LogP contribution in [-0.2, 0) is 0 Å². The van der Waals surface area contributed by atoms with Gasteiger partial charge in [0.05, 0.1) is 50.3 Å². The molecule has 7 fully saturated rings. The van der Waals surface area contributed by atoms with Crippen LogP contribution in [0.5, 0.6) is 0 Å². The highest BCUT2D eigenvalue weighted by Crippen LogP contribution is 2.49. The van der Waals surface area contributed by atoms with Crippen molar-refractivity contribution >= 4 is 21.8 Å². The lowest BCUT2D eigenvalue weighted by Gasteiger charge is -2.58. The maximum absolute atomic E-state index is 12.3. The molecule has 0 saturated carbocycles. The number of rotatable bonds is 16. The fraction of sp³-hybridized carbons (Fsp3) is 0.656. The highest BCUT2D eigenvalue weighted by atomic mass is 16.3. The third-order valence-electron chi connectivity index (χ3n) is 21.0. The monoisotopic (exact) mass is 1010 g/mol. The van der Waals surface area contributed by atoms with Crippen molar-refractivity contribution < 1.29 is 19.2 Å². The van der Waals surface area contributed by atoms with Crippen LogP contribution < -0.4 is 0 Å². The van der Waals surface area contributed by atoms with E-state index in [0.717, 1.165) is 159 Å². The minimum atomic E-state index is -0.506. The van der Waals surface area contributed by atoms with E-state index in [2.05, 4.69) is 159 Å². The Bertz CT molecular complexity index is 2330. The summed E-state index contributed by atoms with van der Waals surface area (Å²) in [5.41, 5.74) is 4.12. The van der Waals surface area contributed by atoms with E-state index in [9.17, 15) is 10.2 Å². The largest absolute Gasteiger partial charge is 0.382 e. The Morgan fingerprint density at radius 3 is 1.42 bits per heavy atom. The van der Waals surface area contributed by atoms with E-state index in [1.54, 1.807) is 0 Å². The second kappa shape index (κ2) is 23.2. The van der Waals surface area contributed by atoms with E-state index < -0.39 is 12.2 Å². The maximum Gasteiger partial charge on any atom is 0.131 e. The standard InChI is InChI=1S/C64H98N8O2/c1-11-49-45-71(39-27-51(49)41-59(71)61(73)55-25-29-65-57-23-15-13-21-53(55)57)37-19-17-31-69-35-33-67(9)64(7,8)44-48(4)70(36-34-68(10)63(5,6)43-47(69)3)32-18-20-38-72-40-28-52(50(12-2)46-72)42-60(72)62(74)56-26-30-66-58-24-16-14-22-54(56)58/h11-16,21-26,29-30,47-52,59-62,73-74H,1-2,17-20,27-28,31-46H2,3-10H3/q+2/t47?,48?,49-,50-,51+,52+,59-,60-,61+,62+,71+,72+/m1/s1. The molecule has 10 heteroatoms. The van der Waals surface area contributed by atoms with Gasteiger partial charge in [0.2, 0.25) is 0 Å². The molecule has 7 saturated heterocycles. The average molecular weight is 1010 g/mol. The summed E-state index contributed by atoms with van der Waals surface area (Å²) < 4.78 is 2.02. The summed E-state index contributed by atoms with van der Waals surface area (Å²) in [7, 11) is 4.75. The quantitative estimate of drug-likeness (QED) is 0.0653. The van der Waals surface area contributed by atoms with Gasteiger partial charge in [-0.05, 0) is 154 Å². The molecule has 12 atom stereocenters. The van der Waals surface area contributed by atoms with Crippen LogP contribution in [0.2, 0.25) is 0 Å². The Balaban J connectivity index is 0.835. The first-order valence-electron chi connectivity index (χ1n) is 29.4. The van der Waals surface area contributed by atoms with E-state index in [4.69, 9.17) is 0 Å². The Kier molecular flexibility index (Phi) is 17.3. The van der Waals surface area contributed by atoms with Crippen LogP contribution in [0.4, 0.5) is 0 Å². The molecule has 2 N–H and O–H groups in total. The molecule has 0 spiro atoms. The van der Waals surface area contributed by atoms with Crippen LogP contribution in [0, 0.1) is 23.7 Å². The third-order valence-corrected chi connectivity index (χ3v) is 21.0. The number of benzene rings is 2. The molecule has 4 aromatic rings. The van der Waals surface area contributed by atoms with Crippen LogP contribution in [0.15, 0.2) is 98.4 Å². The number of aliphatic hydroxyl groups excluding tert-OH is 2. The van der Waals surface area contributed by atoms with E-state index in [1.165, 1.54) is 25.7 Å². The molecule has 11 rings (SSSR count). The number of para-hydroxylation sites is 2. The number of piperidine rings is 6. The average Bonchev–Trinajstić information content (AvgIpc) is 3.41. The first-order valence-corrected chi connectivity index (χ1v) is 29.4. The van der Waals surface area contributed by atoms with Gasteiger partial charge in [0, 0.05) is 110 Å². The van der Waals surface area contributed by atoms with Gasteiger partial charge >= 0.3 is 0 Å². The minimum absolute atomic E-state index is 0.0484. The Morgan fingerprint density at radius 1 is 0.608 bits per heavy atom. The summed E-state index contributed by atoms with van der Waals surface area (Å²) in [6, 6.07) is 22.1. The van der Waals surface area contributed by atoms with Gasteiger partial charge in [-0.25, -0.2) is 0 Å². The van der Waals surface area contributed by atoms with Crippen LogP contribution in [0.1, 0.15) is 129 Å². The molecule has 404 valence electrons. The summed E-state index contributed by atoms with van der Waals surface area (Å²) >= 11 is 0. The summed E-state index contributed by atoms with van der Waals surface area (Å²) in [4.78, 5) is 20.3. The van der Waals surface area contributed by atoms with Crippen LogP contribution in [0.25, 0.3) is 21.8 Å². The second-order valence-electron chi connectivity index (χ2n) is 26.0. The summed E-state index contributed by atoms with van der Waals surface area (Å²) in [6.07, 6.45) is 18.7. The van der Waals surface area contributed by atoms with Crippen molar-refractivity contribution in [3.05, 3.63) is 109 Å². The second-order valence-corrected chi connectivity index (χ2v) is 26.0. The number of fused-ring (bicyclic) bond motifs is 8. The lowest BCUT2D eigenvalue weighted by molar-refractivity contribution is -0.973. The fourth-order valence-corrected chi connectivity index (χ4v) is 15.9. The number of pyridine rings is 2. The van der Waals surface area contributed by atoms with E-state index in [0.29, 0.717) is 35.8 Å². The van der Waals surface area contributed by atoms with Crippen LogP contribution in [-0.4, -0.2) is 177 Å². The van der Waals surface area contributed by atoms with Crippen molar-refractivity contribution in [2.75, 3.05) is 92.6 Å². The van der Waals surface area contributed by atoms with Crippen LogP contribution >= 0.6 is 0 Å². The van der Waals surface area contributed by atoms with E-state index in [-0.39, 0.29) is 23.2 Å². The van der Waals surface area contributed by atoms with Gasteiger partial charge in [-0.15, -0.1) is 13.2 Å². The number of aromatic nitrogens is 2. The number of likely N-dealkylation sites (N-methyl/N-ethyl adjacent to an activating group) is 2. The molecule has 2 aromatic heterocycles. The molecule has 7 aliphatic rings. The summed E-state index contributed by atoms with van der Waals surface area (Å²) in [6.45, 7) is 36.7. The van der Waals surface area contributed by atoms with Crippen molar-refractivity contribution in [3.63, 3.8) is 0 Å². The first kappa shape index (κ1) is 55.2. The molecule has 4 bridgehead atoms. The lowest BCUT2D eigenvalue weighted by atomic mass is 9.71. The van der Waals surface area contributed by atoms with Gasteiger partial charge < -0.3 is 19.2 Å². The number of unbranched alkanes of at least 4 members (excludes halogenated alkanes) is 2.